The van der Waals surface area contributed by atoms with Crippen LogP contribution in [0.25, 0.3) is 0 Å². The van der Waals surface area contributed by atoms with Gasteiger partial charge in [0.05, 0.1) is 18.0 Å². The molecule has 0 amide bonds. The molecule has 3 aromatic rings. The second-order valence-corrected chi connectivity index (χ2v) is 10.1. The first-order valence-corrected chi connectivity index (χ1v) is 12.4. The molecular formula is C25H28N2O3S. The van der Waals surface area contributed by atoms with Crippen LogP contribution in [0.3, 0.4) is 0 Å². The van der Waals surface area contributed by atoms with Gasteiger partial charge >= 0.3 is 0 Å². The summed E-state index contributed by atoms with van der Waals surface area (Å²) in [5.74, 6) is 2.18. The second-order valence-electron chi connectivity index (χ2n) is 7.88. The van der Waals surface area contributed by atoms with Crippen LogP contribution in [-0.4, -0.2) is 19.2 Å². The fourth-order valence-corrected chi connectivity index (χ4v) is 5.22. The molecule has 0 unspecified atom stereocenters. The van der Waals surface area contributed by atoms with Gasteiger partial charge in [-0.15, -0.1) is 0 Å². The van der Waals surface area contributed by atoms with Gasteiger partial charge in [-0.05, 0) is 79.3 Å². The zero-order valence-electron chi connectivity index (χ0n) is 17.8. The van der Waals surface area contributed by atoms with Crippen LogP contribution in [0.4, 0.5) is 5.69 Å². The molecule has 1 fully saturated rings. The number of benzene rings is 2. The van der Waals surface area contributed by atoms with Gasteiger partial charge in [0.25, 0.3) is 0 Å². The van der Waals surface area contributed by atoms with Crippen LogP contribution >= 0.6 is 0 Å². The maximum atomic E-state index is 12.8. The molecule has 2 aromatic carbocycles. The average molecular weight is 437 g/mol. The van der Waals surface area contributed by atoms with Gasteiger partial charge in [0.2, 0.25) is 10.0 Å². The monoisotopic (exact) mass is 436 g/mol. The molecule has 0 radical (unpaired) electrons. The van der Waals surface area contributed by atoms with Crippen molar-refractivity contribution in [3.05, 3.63) is 84.2 Å². The number of ether oxygens (including phenoxy) is 1. The third-order valence-corrected chi connectivity index (χ3v) is 7.58. The molecule has 31 heavy (non-hydrogen) atoms. The normalized spacial score (nSPS) is 14.5. The molecule has 162 valence electrons. The summed E-state index contributed by atoms with van der Waals surface area (Å²) in [7, 11) is -3.43. The van der Waals surface area contributed by atoms with Gasteiger partial charge < -0.3 is 4.74 Å². The lowest BCUT2D eigenvalue weighted by Gasteiger charge is -2.24. The van der Waals surface area contributed by atoms with Crippen LogP contribution < -0.4 is 9.04 Å². The number of pyridine rings is 1. The van der Waals surface area contributed by atoms with Crippen LogP contribution in [0.1, 0.15) is 49.7 Å². The van der Waals surface area contributed by atoms with Crippen LogP contribution in [0, 0.1) is 0 Å². The number of aromatic nitrogens is 1. The number of hydrogen-bond donors (Lipinski definition) is 0. The largest absolute Gasteiger partial charge is 0.457 e. The topological polar surface area (TPSA) is 59.5 Å². The Morgan fingerprint density at radius 3 is 2.32 bits per heavy atom. The highest BCUT2D eigenvalue weighted by atomic mass is 32.2. The van der Waals surface area contributed by atoms with E-state index in [4.69, 9.17) is 4.74 Å². The fourth-order valence-electron chi connectivity index (χ4n) is 4.12. The number of para-hydroxylation sites is 1. The van der Waals surface area contributed by atoms with Crippen molar-refractivity contribution in [2.24, 2.45) is 0 Å². The molecule has 6 heteroatoms. The van der Waals surface area contributed by atoms with Crippen LogP contribution in [-0.2, 0) is 16.6 Å². The van der Waals surface area contributed by atoms with E-state index in [9.17, 15) is 8.42 Å². The Hall–Kier alpha value is -2.86. The summed E-state index contributed by atoms with van der Waals surface area (Å²) in [4.78, 5) is 4.01. The van der Waals surface area contributed by atoms with Crippen molar-refractivity contribution < 1.29 is 13.2 Å². The second kappa shape index (κ2) is 9.52. The van der Waals surface area contributed by atoms with E-state index in [1.165, 1.54) is 35.6 Å². The summed E-state index contributed by atoms with van der Waals surface area (Å²) in [6.07, 6.45) is 8.30. The minimum Gasteiger partial charge on any atom is -0.457 e. The Bertz CT molecular complexity index is 1090. The number of nitrogens with zero attached hydrogens (tertiary/aromatic N) is 2. The fraction of sp³-hybridized carbons (Fsp3) is 0.320. The molecule has 0 N–H and O–H groups in total. The average Bonchev–Trinajstić information content (AvgIpc) is 3.34. The highest BCUT2D eigenvalue weighted by molar-refractivity contribution is 7.92. The zero-order valence-corrected chi connectivity index (χ0v) is 18.6. The molecule has 0 aliphatic heterocycles. The molecule has 1 aliphatic carbocycles. The van der Waals surface area contributed by atoms with E-state index in [1.54, 1.807) is 19.3 Å². The van der Waals surface area contributed by atoms with E-state index in [1.807, 2.05) is 48.5 Å². The minimum absolute atomic E-state index is 0.0328. The van der Waals surface area contributed by atoms with E-state index in [0.29, 0.717) is 17.4 Å². The number of anilines is 1. The summed E-state index contributed by atoms with van der Waals surface area (Å²) < 4.78 is 33.2. The molecule has 1 heterocycles. The molecule has 0 atom stereocenters. The van der Waals surface area contributed by atoms with Gasteiger partial charge in [-0.25, -0.2) is 8.42 Å². The maximum Gasteiger partial charge on any atom is 0.235 e. The van der Waals surface area contributed by atoms with Crippen molar-refractivity contribution in [2.75, 3.05) is 10.1 Å². The Balaban J connectivity index is 1.56. The quantitative estimate of drug-likeness (QED) is 0.442. The van der Waals surface area contributed by atoms with Gasteiger partial charge in [-0.2, -0.15) is 0 Å². The van der Waals surface area contributed by atoms with Crippen molar-refractivity contribution in [3.8, 4) is 11.5 Å². The Labute approximate surface area is 184 Å². The predicted octanol–water partition coefficient (Wildman–Crippen LogP) is 5.89. The Morgan fingerprint density at radius 1 is 0.968 bits per heavy atom. The Kier molecular flexibility index (Phi) is 6.56. The summed E-state index contributed by atoms with van der Waals surface area (Å²) in [6, 6.07) is 19.2. The molecule has 0 saturated heterocycles. The van der Waals surface area contributed by atoms with E-state index in [0.717, 1.165) is 11.3 Å². The van der Waals surface area contributed by atoms with Crippen molar-refractivity contribution in [1.82, 2.24) is 4.98 Å². The highest BCUT2D eigenvalue weighted by Gasteiger charge is 2.22. The first kappa shape index (κ1) is 21.4. The third-order valence-electron chi connectivity index (χ3n) is 5.84. The molecule has 1 saturated carbocycles. The molecule has 0 bridgehead atoms. The summed E-state index contributed by atoms with van der Waals surface area (Å²) in [5.41, 5.74) is 2.77. The number of sulfonamides is 1. The van der Waals surface area contributed by atoms with Crippen LogP contribution in [0.5, 0.6) is 11.5 Å². The Morgan fingerprint density at radius 2 is 1.65 bits per heavy atom. The van der Waals surface area contributed by atoms with E-state index < -0.39 is 10.0 Å². The van der Waals surface area contributed by atoms with Crippen molar-refractivity contribution in [2.45, 2.75) is 45.1 Å². The third kappa shape index (κ3) is 5.07. The summed E-state index contributed by atoms with van der Waals surface area (Å²) in [5, 5.41) is 0. The molecule has 0 spiro atoms. The zero-order chi connectivity index (χ0) is 21.7. The predicted molar refractivity (Wildman–Crippen MR) is 124 cm³/mol. The lowest BCUT2D eigenvalue weighted by atomic mass is 9.97. The first-order chi connectivity index (χ1) is 15.1. The van der Waals surface area contributed by atoms with Crippen LogP contribution in [0.2, 0.25) is 0 Å². The van der Waals surface area contributed by atoms with Crippen molar-refractivity contribution >= 4 is 15.7 Å². The van der Waals surface area contributed by atoms with Gasteiger partial charge in [0.15, 0.2) is 0 Å². The van der Waals surface area contributed by atoms with Gasteiger partial charge in [0.1, 0.15) is 11.5 Å². The molecular weight excluding hydrogens is 408 g/mol. The number of rotatable bonds is 8. The lowest BCUT2D eigenvalue weighted by molar-refractivity contribution is 0.469. The van der Waals surface area contributed by atoms with E-state index in [2.05, 4.69) is 17.1 Å². The van der Waals surface area contributed by atoms with E-state index >= 15 is 0 Å². The standard InChI is InChI=1S/C25H28N2O3S/c1-2-31(28,29)27(19-20-15-17-26-18-16-20)22-11-13-23(14-12-22)30-25-10-6-5-9-24(25)21-7-3-4-8-21/h5-6,9-18,21H,2-4,7-8,19H2,1H3. The smallest absolute Gasteiger partial charge is 0.235 e. The molecule has 5 nitrogen and oxygen atoms in total. The van der Waals surface area contributed by atoms with Crippen molar-refractivity contribution in [1.29, 1.82) is 0 Å². The maximum absolute atomic E-state index is 12.8. The van der Waals surface area contributed by atoms with Gasteiger partial charge in [0, 0.05) is 12.4 Å². The molecule has 4 rings (SSSR count). The summed E-state index contributed by atoms with van der Waals surface area (Å²) >= 11 is 0. The van der Waals surface area contributed by atoms with Gasteiger partial charge in [-0.3, -0.25) is 9.29 Å². The molecule has 1 aromatic heterocycles. The van der Waals surface area contributed by atoms with E-state index in [-0.39, 0.29) is 12.3 Å². The first-order valence-electron chi connectivity index (χ1n) is 10.8. The van der Waals surface area contributed by atoms with Crippen LogP contribution in [0.15, 0.2) is 73.1 Å². The number of hydrogen-bond acceptors (Lipinski definition) is 4. The van der Waals surface area contributed by atoms with Crippen molar-refractivity contribution in [3.63, 3.8) is 0 Å². The highest BCUT2D eigenvalue weighted by Crippen LogP contribution is 2.40. The summed E-state index contributed by atoms with van der Waals surface area (Å²) in [6.45, 7) is 1.93. The minimum atomic E-state index is -3.43. The molecule has 1 aliphatic rings. The SMILES string of the molecule is CCS(=O)(=O)N(Cc1ccncc1)c1ccc(Oc2ccccc2C2CCCC2)cc1. The lowest BCUT2D eigenvalue weighted by Crippen LogP contribution is -2.31. The van der Waals surface area contributed by atoms with Gasteiger partial charge in [-0.1, -0.05) is 31.0 Å².